The number of ether oxygens (including phenoxy) is 2. The van der Waals surface area contributed by atoms with Gasteiger partial charge in [0.2, 0.25) is 0 Å². The Bertz CT molecular complexity index is 453. The maximum atomic E-state index is 10.1. The maximum absolute atomic E-state index is 10.1. The monoisotopic (exact) mass is 314 g/mol. The molecule has 4 heteroatoms. The van der Waals surface area contributed by atoms with Crippen LogP contribution >= 0.6 is 15.9 Å². The highest BCUT2D eigenvalue weighted by molar-refractivity contribution is 9.10. The van der Waals surface area contributed by atoms with E-state index >= 15 is 0 Å². The van der Waals surface area contributed by atoms with Crippen LogP contribution in [0, 0.1) is 0 Å². The molecule has 3 nitrogen and oxygen atoms in total. The van der Waals surface area contributed by atoms with Gasteiger partial charge in [0, 0.05) is 16.5 Å². The molecule has 0 spiro atoms. The van der Waals surface area contributed by atoms with Crippen LogP contribution < -0.4 is 9.47 Å². The molecule has 1 saturated carbocycles. The molecule has 100 valence electrons. The van der Waals surface area contributed by atoms with Gasteiger partial charge in [-0.05, 0) is 30.9 Å². The quantitative estimate of drug-likeness (QED) is 0.907. The van der Waals surface area contributed by atoms with Gasteiger partial charge in [-0.3, -0.25) is 0 Å². The molecule has 0 radical (unpaired) electrons. The summed E-state index contributed by atoms with van der Waals surface area (Å²) in [4.78, 5) is 0. The van der Waals surface area contributed by atoms with Gasteiger partial charge >= 0.3 is 0 Å². The number of methoxy groups -OCH3 is 2. The average Bonchev–Trinajstić information content (AvgIpc) is 3.09. The molecule has 1 N–H and O–H groups in total. The summed E-state index contributed by atoms with van der Waals surface area (Å²) in [7, 11) is 3.27. The summed E-state index contributed by atoms with van der Waals surface area (Å²) in [6, 6.07) is 1.99. The first-order valence-electron chi connectivity index (χ1n) is 6.19. The van der Waals surface area contributed by atoms with Crippen molar-refractivity contribution in [2.45, 2.75) is 38.2 Å². The fourth-order valence-corrected chi connectivity index (χ4v) is 2.89. The zero-order chi connectivity index (χ0) is 13.3. The summed E-state index contributed by atoms with van der Waals surface area (Å²) >= 11 is 3.63. The molecule has 0 atom stereocenters. The van der Waals surface area contributed by atoms with Gasteiger partial charge in [0.25, 0.3) is 0 Å². The van der Waals surface area contributed by atoms with Crippen LogP contribution in [0.1, 0.15) is 30.9 Å². The zero-order valence-corrected chi connectivity index (χ0v) is 12.6. The maximum Gasteiger partial charge on any atom is 0.165 e. The summed E-state index contributed by atoms with van der Waals surface area (Å²) in [5, 5.41) is 10.1. The van der Waals surface area contributed by atoms with Gasteiger partial charge in [0.15, 0.2) is 11.5 Å². The SMILES string of the molecule is CCc1cc(OC)c(OC)c(CC2(O)CC2)c1Br. The van der Waals surface area contributed by atoms with E-state index in [4.69, 9.17) is 9.47 Å². The van der Waals surface area contributed by atoms with E-state index in [0.717, 1.165) is 40.8 Å². The van der Waals surface area contributed by atoms with Crippen molar-refractivity contribution in [1.82, 2.24) is 0 Å². The molecular weight excluding hydrogens is 296 g/mol. The van der Waals surface area contributed by atoms with E-state index in [2.05, 4.69) is 22.9 Å². The number of benzene rings is 1. The van der Waals surface area contributed by atoms with Gasteiger partial charge in [0.1, 0.15) is 0 Å². The van der Waals surface area contributed by atoms with Gasteiger partial charge in [-0.1, -0.05) is 22.9 Å². The van der Waals surface area contributed by atoms with Crippen LogP contribution in [-0.2, 0) is 12.8 Å². The minimum Gasteiger partial charge on any atom is -0.493 e. The van der Waals surface area contributed by atoms with Crippen LogP contribution in [0.4, 0.5) is 0 Å². The van der Waals surface area contributed by atoms with E-state index in [1.807, 2.05) is 6.07 Å². The van der Waals surface area contributed by atoms with E-state index in [9.17, 15) is 5.11 Å². The van der Waals surface area contributed by atoms with E-state index in [0.29, 0.717) is 6.42 Å². The lowest BCUT2D eigenvalue weighted by Gasteiger charge is -2.19. The molecule has 0 aliphatic heterocycles. The molecular formula is C14H19BrO3. The molecule has 0 heterocycles. The van der Waals surface area contributed by atoms with E-state index in [1.54, 1.807) is 14.2 Å². The third kappa shape index (κ3) is 2.50. The lowest BCUT2D eigenvalue weighted by molar-refractivity contribution is 0.149. The predicted molar refractivity (Wildman–Crippen MR) is 74.5 cm³/mol. The van der Waals surface area contributed by atoms with Crippen LogP contribution in [0.25, 0.3) is 0 Å². The van der Waals surface area contributed by atoms with Crippen LogP contribution in [0.2, 0.25) is 0 Å². The van der Waals surface area contributed by atoms with Crippen LogP contribution in [-0.4, -0.2) is 24.9 Å². The molecule has 1 aliphatic carbocycles. The highest BCUT2D eigenvalue weighted by Gasteiger charge is 2.41. The summed E-state index contributed by atoms with van der Waals surface area (Å²) < 4.78 is 11.9. The number of aliphatic hydroxyl groups is 1. The van der Waals surface area contributed by atoms with Gasteiger partial charge in [-0.25, -0.2) is 0 Å². The second-order valence-corrected chi connectivity index (χ2v) is 5.61. The van der Waals surface area contributed by atoms with Crippen molar-refractivity contribution in [3.8, 4) is 11.5 Å². The summed E-state index contributed by atoms with van der Waals surface area (Å²) in [5.41, 5.74) is 1.63. The fourth-order valence-electron chi connectivity index (χ4n) is 2.17. The molecule has 0 amide bonds. The van der Waals surface area contributed by atoms with Crippen LogP contribution in [0.3, 0.4) is 0 Å². The summed E-state index contributed by atoms with van der Waals surface area (Å²) in [5.74, 6) is 1.46. The zero-order valence-electron chi connectivity index (χ0n) is 11.0. The topological polar surface area (TPSA) is 38.7 Å². The third-order valence-corrected chi connectivity index (χ3v) is 4.48. The first-order chi connectivity index (χ1) is 8.54. The number of hydrogen-bond acceptors (Lipinski definition) is 3. The Morgan fingerprint density at radius 1 is 1.33 bits per heavy atom. The molecule has 1 aromatic carbocycles. The number of rotatable bonds is 5. The predicted octanol–water partition coefficient (Wildman–Crippen LogP) is 3.10. The van der Waals surface area contributed by atoms with Gasteiger partial charge in [-0.15, -0.1) is 0 Å². The fraction of sp³-hybridized carbons (Fsp3) is 0.571. The first kappa shape index (κ1) is 13.7. The largest absolute Gasteiger partial charge is 0.493 e. The Labute approximate surface area is 116 Å². The second kappa shape index (κ2) is 5.10. The molecule has 0 bridgehead atoms. The Morgan fingerprint density at radius 3 is 2.44 bits per heavy atom. The van der Waals surface area contributed by atoms with Crippen molar-refractivity contribution < 1.29 is 14.6 Å². The molecule has 1 fully saturated rings. The lowest BCUT2D eigenvalue weighted by Crippen LogP contribution is -2.13. The molecule has 1 aromatic rings. The Hall–Kier alpha value is -0.740. The van der Waals surface area contributed by atoms with Crippen molar-refractivity contribution in [3.05, 3.63) is 21.7 Å². The number of halogens is 1. The highest BCUT2D eigenvalue weighted by atomic mass is 79.9. The Morgan fingerprint density at radius 2 is 2.00 bits per heavy atom. The van der Waals surface area contributed by atoms with Crippen molar-refractivity contribution in [2.24, 2.45) is 0 Å². The molecule has 0 unspecified atom stereocenters. The van der Waals surface area contributed by atoms with E-state index in [1.165, 1.54) is 5.56 Å². The van der Waals surface area contributed by atoms with Crippen molar-refractivity contribution in [2.75, 3.05) is 14.2 Å². The second-order valence-electron chi connectivity index (χ2n) is 4.82. The third-order valence-electron chi connectivity index (χ3n) is 3.49. The molecule has 0 saturated heterocycles. The van der Waals surface area contributed by atoms with Crippen molar-refractivity contribution in [3.63, 3.8) is 0 Å². The van der Waals surface area contributed by atoms with Crippen molar-refractivity contribution in [1.29, 1.82) is 0 Å². The van der Waals surface area contributed by atoms with E-state index in [-0.39, 0.29) is 0 Å². The minimum atomic E-state index is -0.548. The van der Waals surface area contributed by atoms with Gasteiger partial charge < -0.3 is 14.6 Å². The Kier molecular flexibility index (Phi) is 3.87. The van der Waals surface area contributed by atoms with Gasteiger partial charge in [0.05, 0.1) is 19.8 Å². The lowest BCUT2D eigenvalue weighted by atomic mass is 10.0. The minimum absolute atomic E-state index is 0.548. The number of hydrogen-bond donors (Lipinski definition) is 1. The average molecular weight is 315 g/mol. The summed E-state index contributed by atoms with van der Waals surface area (Å²) in [6.07, 6.45) is 3.25. The smallest absolute Gasteiger partial charge is 0.165 e. The molecule has 0 aromatic heterocycles. The van der Waals surface area contributed by atoms with Gasteiger partial charge in [-0.2, -0.15) is 0 Å². The standard InChI is InChI=1S/C14H19BrO3/c1-4-9-7-11(17-2)13(18-3)10(12(9)15)8-14(16)5-6-14/h7,16H,4-6,8H2,1-3H3. The molecule has 18 heavy (non-hydrogen) atoms. The Balaban J connectivity index is 2.51. The highest BCUT2D eigenvalue weighted by Crippen LogP contribution is 2.46. The van der Waals surface area contributed by atoms with Crippen LogP contribution in [0.15, 0.2) is 10.5 Å². The normalized spacial score (nSPS) is 16.5. The molecule has 1 aliphatic rings. The summed E-state index contributed by atoms with van der Waals surface area (Å²) in [6.45, 7) is 2.10. The van der Waals surface area contributed by atoms with Crippen LogP contribution in [0.5, 0.6) is 11.5 Å². The number of aryl methyl sites for hydroxylation is 1. The van der Waals surface area contributed by atoms with E-state index < -0.39 is 5.60 Å². The first-order valence-corrected chi connectivity index (χ1v) is 6.98. The molecule has 2 rings (SSSR count). The van der Waals surface area contributed by atoms with Crippen molar-refractivity contribution >= 4 is 15.9 Å².